The number of hydrogen-bond donors (Lipinski definition) is 1. The molecular formula is C14H20N4. The van der Waals surface area contributed by atoms with E-state index < -0.39 is 0 Å². The number of nitrogens with one attached hydrogen (secondary N) is 1. The summed E-state index contributed by atoms with van der Waals surface area (Å²) in [6.07, 6.45) is 6.61. The van der Waals surface area contributed by atoms with E-state index >= 15 is 0 Å². The van der Waals surface area contributed by atoms with Gasteiger partial charge in [-0.15, -0.1) is 5.10 Å². The third kappa shape index (κ3) is 2.53. The lowest BCUT2D eigenvalue weighted by Crippen LogP contribution is -2.27. The maximum atomic E-state index is 4.20. The third-order valence-electron chi connectivity index (χ3n) is 3.76. The first-order valence-electron chi connectivity index (χ1n) is 6.95. The SMILES string of the molecule is c1ccc2c(c1)nnn2CCCNC1CCCC1. The Morgan fingerprint density at radius 1 is 1.22 bits per heavy atom. The van der Waals surface area contributed by atoms with Crippen LogP contribution in [0.4, 0.5) is 0 Å². The quantitative estimate of drug-likeness (QED) is 0.821. The van der Waals surface area contributed by atoms with Gasteiger partial charge in [0.05, 0.1) is 5.52 Å². The Labute approximate surface area is 107 Å². The number of aryl methyl sites for hydroxylation is 1. The standard InChI is InChI=1S/C14H20N4/c1-2-7-12(6-1)15-10-5-11-18-14-9-4-3-8-13(14)16-17-18/h3-4,8-9,12,15H,1-2,5-7,10-11H2. The van der Waals surface area contributed by atoms with Gasteiger partial charge in [0.2, 0.25) is 0 Å². The van der Waals surface area contributed by atoms with Crippen LogP contribution in [0, 0.1) is 0 Å². The summed E-state index contributed by atoms with van der Waals surface area (Å²) in [4.78, 5) is 0. The van der Waals surface area contributed by atoms with Gasteiger partial charge in [-0.3, -0.25) is 0 Å². The van der Waals surface area contributed by atoms with Gasteiger partial charge >= 0.3 is 0 Å². The molecule has 1 aliphatic carbocycles. The van der Waals surface area contributed by atoms with Gasteiger partial charge < -0.3 is 5.32 Å². The molecule has 1 fully saturated rings. The Kier molecular flexibility index (Phi) is 3.55. The zero-order valence-electron chi connectivity index (χ0n) is 10.7. The van der Waals surface area contributed by atoms with E-state index in [1.165, 1.54) is 25.7 Å². The van der Waals surface area contributed by atoms with Crippen LogP contribution in [-0.2, 0) is 6.54 Å². The van der Waals surface area contributed by atoms with E-state index in [9.17, 15) is 0 Å². The minimum Gasteiger partial charge on any atom is -0.314 e. The molecule has 1 aromatic heterocycles. The zero-order valence-corrected chi connectivity index (χ0v) is 10.7. The monoisotopic (exact) mass is 244 g/mol. The van der Waals surface area contributed by atoms with Crippen LogP contribution in [0.5, 0.6) is 0 Å². The van der Waals surface area contributed by atoms with Crippen LogP contribution in [0.1, 0.15) is 32.1 Å². The Morgan fingerprint density at radius 2 is 2.06 bits per heavy atom. The largest absolute Gasteiger partial charge is 0.314 e. The molecule has 3 rings (SSSR count). The first kappa shape index (κ1) is 11.7. The second-order valence-corrected chi connectivity index (χ2v) is 5.09. The molecule has 0 aliphatic heterocycles. The van der Waals surface area contributed by atoms with E-state index in [2.05, 4.69) is 21.7 Å². The summed E-state index contributed by atoms with van der Waals surface area (Å²) in [5.74, 6) is 0. The highest BCUT2D eigenvalue weighted by Gasteiger charge is 2.13. The van der Waals surface area contributed by atoms with Crippen LogP contribution < -0.4 is 5.32 Å². The van der Waals surface area contributed by atoms with Crippen molar-refractivity contribution in [2.75, 3.05) is 6.54 Å². The van der Waals surface area contributed by atoms with Crippen molar-refractivity contribution < 1.29 is 0 Å². The molecule has 0 spiro atoms. The molecule has 1 heterocycles. The number of aromatic nitrogens is 3. The van der Waals surface area contributed by atoms with Crippen molar-refractivity contribution in [3.8, 4) is 0 Å². The van der Waals surface area contributed by atoms with Crippen LogP contribution in [-0.4, -0.2) is 27.6 Å². The second-order valence-electron chi connectivity index (χ2n) is 5.09. The van der Waals surface area contributed by atoms with Crippen LogP contribution in [0.3, 0.4) is 0 Å². The Balaban J connectivity index is 1.50. The summed E-state index contributed by atoms with van der Waals surface area (Å²) in [7, 11) is 0. The summed E-state index contributed by atoms with van der Waals surface area (Å²) in [6, 6.07) is 8.90. The summed E-state index contributed by atoms with van der Waals surface area (Å²) in [5, 5.41) is 12.0. The highest BCUT2D eigenvalue weighted by molar-refractivity contribution is 5.73. The average molecular weight is 244 g/mol. The highest BCUT2D eigenvalue weighted by atomic mass is 15.4. The van der Waals surface area contributed by atoms with Gasteiger partial charge in [0, 0.05) is 12.6 Å². The topological polar surface area (TPSA) is 42.7 Å². The molecule has 4 heteroatoms. The summed E-state index contributed by atoms with van der Waals surface area (Å²) >= 11 is 0. The smallest absolute Gasteiger partial charge is 0.113 e. The van der Waals surface area contributed by atoms with E-state index in [1.54, 1.807) is 0 Å². The predicted molar refractivity (Wildman–Crippen MR) is 72.4 cm³/mol. The first-order valence-corrected chi connectivity index (χ1v) is 6.95. The fourth-order valence-corrected chi connectivity index (χ4v) is 2.75. The Morgan fingerprint density at radius 3 is 2.94 bits per heavy atom. The van der Waals surface area contributed by atoms with Gasteiger partial charge in [-0.05, 0) is 37.9 Å². The normalized spacial score (nSPS) is 16.7. The number of hydrogen-bond acceptors (Lipinski definition) is 3. The van der Waals surface area contributed by atoms with Gasteiger partial charge in [-0.1, -0.05) is 30.2 Å². The molecule has 1 aliphatic rings. The molecule has 0 unspecified atom stereocenters. The van der Waals surface area contributed by atoms with E-state index in [-0.39, 0.29) is 0 Å². The van der Waals surface area contributed by atoms with Crippen LogP contribution in [0.15, 0.2) is 24.3 Å². The van der Waals surface area contributed by atoms with Gasteiger partial charge in [0.25, 0.3) is 0 Å². The van der Waals surface area contributed by atoms with E-state index in [0.29, 0.717) is 0 Å². The number of rotatable bonds is 5. The predicted octanol–water partition coefficient (Wildman–Crippen LogP) is 2.35. The van der Waals surface area contributed by atoms with Crippen molar-refractivity contribution >= 4 is 11.0 Å². The molecule has 1 N–H and O–H groups in total. The third-order valence-corrected chi connectivity index (χ3v) is 3.76. The molecule has 0 amide bonds. The number of para-hydroxylation sites is 1. The molecule has 2 aromatic rings. The average Bonchev–Trinajstić information content (AvgIpc) is 3.04. The van der Waals surface area contributed by atoms with Crippen molar-refractivity contribution in [3.05, 3.63) is 24.3 Å². The molecule has 0 bridgehead atoms. The van der Waals surface area contributed by atoms with Crippen molar-refractivity contribution in [1.29, 1.82) is 0 Å². The van der Waals surface area contributed by atoms with E-state index in [0.717, 1.165) is 36.6 Å². The van der Waals surface area contributed by atoms with Gasteiger partial charge in [0.1, 0.15) is 5.52 Å². The van der Waals surface area contributed by atoms with E-state index in [4.69, 9.17) is 0 Å². The summed E-state index contributed by atoms with van der Waals surface area (Å²) < 4.78 is 2.01. The first-order chi connectivity index (χ1) is 8.93. The minimum atomic E-state index is 0.762. The Hall–Kier alpha value is -1.42. The zero-order chi connectivity index (χ0) is 12.2. The lowest BCUT2D eigenvalue weighted by Gasteiger charge is -2.11. The molecule has 0 saturated heterocycles. The minimum absolute atomic E-state index is 0.762. The molecule has 0 radical (unpaired) electrons. The van der Waals surface area contributed by atoms with Gasteiger partial charge in [-0.25, -0.2) is 4.68 Å². The van der Waals surface area contributed by atoms with Crippen molar-refractivity contribution in [2.24, 2.45) is 0 Å². The number of nitrogens with zero attached hydrogens (tertiary/aromatic N) is 3. The van der Waals surface area contributed by atoms with E-state index in [1.807, 2.05) is 22.9 Å². The summed E-state index contributed by atoms with van der Waals surface area (Å²) in [6.45, 7) is 2.03. The molecular weight excluding hydrogens is 224 g/mol. The second kappa shape index (κ2) is 5.48. The lowest BCUT2D eigenvalue weighted by molar-refractivity contribution is 0.483. The number of benzene rings is 1. The molecule has 1 saturated carbocycles. The fraction of sp³-hybridized carbons (Fsp3) is 0.571. The van der Waals surface area contributed by atoms with Gasteiger partial charge in [-0.2, -0.15) is 0 Å². The van der Waals surface area contributed by atoms with Crippen molar-refractivity contribution in [3.63, 3.8) is 0 Å². The van der Waals surface area contributed by atoms with Crippen molar-refractivity contribution in [2.45, 2.75) is 44.7 Å². The molecule has 4 nitrogen and oxygen atoms in total. The molecule has 96 valence electrons. The van der Waals surface area contributed by atoms with Crippen LogP contribution in [0.25, 0.3) is 11.0 Å². The Bertz CT molecular complexity index is 499. The van der Waals surface area contributed by atoms with Crippen LogP contribution in [0.2, 0.25) is 0 Å². The number of fused-ring (bicyclic) bond motifs is 1. The highest BCUT2D eigenvalue weighted by Crippen LogP contribution is 2.17. The van der Waals surface area contributed by atoms with Gasteiger partial charge in [0.15, 0.2) is 0 Å². The molecule has 18 heavy (non-hydrogen) atoms. The molecule has 0 atom stereocenters. The molecule has 1 aromatic carbocycles. The maximum Gasteiger partial charge on any atom is 0.113 e. The lowest BCUT2D eigenvalue weighted by atomic mass is 10.2. The fourth-order valence-electron chi connectivity index (χ4n) is 2.75. The van der Waals surface area contributed by atoms with Crippen molar-refractivity contribution in [1.82, 2.24) is 20.3 Å². The van der Waals surface area contributed by atoms with Crippen LogP contribution >= 0.6 is 0 Å². The summed E-state index contributed by atoms with van der Waals surface area (Å²) in [5.41, 5.74) is 2.12. The maximum absolute atomic E-state index is 4.20.